The van der Waals surface area contributed by atoms with Crippen LogP contribution in [0.15, 0.2) is 17.0 Å². The van der Waals surface area contributed by atoms with Crippen molar-refractivity contribution in [2.24, 2.45) is 0 Å². The van der Waals surface area contributed by atoms with Gasteiger partial charge in [0.05, 0.1) is 22.6 Å². The fourth-order valence-corrected chi connectivity index (χ4v) is 6.28. The topological polar surface area (TPSA) is 121 Å². The van der Waals surface area contributed by atoms with Gasteiger partial charge in [-0.25, -0.2) is 0 Å². The smallest absolute Gasteiger partial charge is 0.297 e. The molecule has 3 aliphatic rings. The van der Waals surface area contributed by atoms with Crippen molar-refractivity contribution in [1.82, 2.24) is 15.2 Å². The van der Waals surface area contributed by atoms with Crippen LogP contribution in [0.5, 0.6) is 0 Å². The first-order valence-corrected chi connectivity index (χ1v) is 13.0. The summed E-state index contributed by atoms with van der Waals surface area (Å²) in [4.78, 5) is 31.4. The molecule has 1 aromatic carbocycles. The van der Waals surface area contributed by atoms with Gasteiger partial charge in [-0.1, -0.05) is 0 Å². The molecule has 10 heteroatoms. The quantitative estimate of drug-likeness (QED) is 0.442. The Bertz CT molecular complexity index is 1320. The highest BCUT2D eigenvalue weighted by molar-refractivity contribution is 7.86. The van der Waals surface area contributed by atoms with Crippen LogP contribution in [-0.2, 0) is 25.5 Å². The van der Waals surface area contributed by atoms with Gasteiger partial charge in [-0.3, -0.25) is 13.8 Å². The first-order chi connectivity index (χ1) is 16.3. The summed E-state index contributed by atoms with van der Waals surface area (Å²) in [5.74, 6) is -0.456. The van der Waals surface area contributed by atoms with Crippen molar-refractivity contribution in [3.8, 4) is 0 Å². The lowest BCUT2D eigenvalue weighted by atomic mass is 9.97. The Labute approximate surface area is 198 Å². The highest BCUT2D eigenvalue weighted by Crippen LogP contribution is 2.41. The number of rotatable bonds is 5. The van der Waals surface area contributed by atoms with E-state index in [1.165, 1.54) is 18.9 Å². The highest BCUT2D eigenvalue weighted by Gasteiger charge is 2.34. The van der Waals surface area contributed by atoms with E-state index in [2.05, 4.69) is 20.5 Å². The Kier molecular flexibility index (Phi) is 5.83. The van der Waals surface area contributed by atoms with Gasteiger partial charge in [0.1, 0.15) is 0 Å². The van der Waals surface area contributed by atoms with Crippen LogP contribution in [0.1, 0.15) is 51.3 Å². The molecule has 2 amide bonds. The lowest BCUT2D eigenvalue weighted by Crippen LogP contribution is -2.33. The van der Waals surface area contributed by atoms with Gasteiger partial charge in [0.2, 0.25) is 0 Å². The average Bonchev–Trinajstić information content (AvgIpc) is 3.47. The second kappa shape index (κ2) is 8.68. The molecule has 0 bridgehead atoms. The van der Waals surface area contributed by atoms with E-state index in [1.807, 2.05) is 13.8 Å². The van der Waals surface area contributed by atoms with Crippen LogP contribution in [0.3, 0.4) is 0 Å². The maximum absolute atomic E-state index is 12.9. The van der Waals surface area contributed by atoms with Crippen LogP contribution in [0, 0.1) is 13.8 Å². The fraction of sp³-hybridized carbons (Fsp3) is 0.417. The zero-order chi connectivity index (χ0) is 24.0. The fourth-order valence-electron chi connectivity index (χ4n) is 5.11. The van der Waals surface area contributed by atoms with E-state index in [0.29, 0.717) is 52.3 Å². The molecule has 180 valence electrons. The van der Waals surface area contributed by atoms with Gasteiger partial charge in [0.15, 0.2) is 0 Å². The maximum Gasteiger partial charge on any atom is 0.297 e. The number of carbonyl (C=O) groups excluding carboxylic acids is 2. The van der Waals surface area contributed by atoms with E-state index in [9.17, 15) is 18.0 Å². The van der Waals surface area contributed by atoms with Crippen molar-refractivity contribution in [3.63, 3.8) is 0 Å². The predicted octanol–water partition coefficient (Wildman–Crippen LogP) is 2.21. The summed E-state index contributed by atoms with van der Waals surface area (Å²) in [6, 6.07) is 3.06. The molecule has 9 nitrogen and oxygen atoms in total. The summed E-state index contributed by atoms with van der Waals surface area (Å²) in [7, 11) is -3.85. The number of likely N-dealkylation sites (tertiary alicyclic amines) is 1. The molecule has 2 aromatic rings. The van der Waals surface area contributed by atoms with Gasteiger partial charge < -0.3 is 20.5 Å². The molecule has 5 rings (SSSR count). The largest absolute Gasteiger partial charge is 0.358 e. The average molecular weight is 485 g/mol. The van der Waals surface area contributed by atoms with Crippen molar-refractivity contribution in [3.05, 3.63) is 45.8 Å². The summed E-state index contributed by atoms with van der Waals surface area (Å²) in [6.45, 7) is 7.29. The van der Waals surface area contributed by atoms with Crippen LogP contribution in [0.2, 0.25) is 0 Å². The molecule has 3 N–H and O–H groups in total. The van der Waals surface area contributed by atoms with E-state index in [-0.39, 0.29) is 23.3 Å². The number of hydrogen-bond acceptors (Lipinski definition) is 6. The van der Waals surface area contributed by atoms with Gasteiger partial charge in [-0.15, -0.1) is 0 Å². The van der Waals surface area contributed by atoms with Crippen LogP contribution in [0.25, 0.3) is 11.6 Å². The Morgan fingerprint density at radius 2 is 2.00 bits per heavy atom. The molecule has 34 heavy (non-hydrogen) atoms. The monoisotopic (exact) mass is 484 g/mol. The molecule has 1 saturated heterocycles. The number of benzene rings is 1. The molecule has 1 fully saturated rings. The molecule has 0 unspecified atom stereocenters. The molecule has 4 heterocycles. The Balaban J connectivity index is 1.45. The first-order valence-electron chi connectivity index (χ1n) is 11.5. The third-order valence-corrected chi connectivity index (χ3v) is 8.19. The van der Waals surface area contributed by atoms with Gasteiger partial charge in [-0.2, -0.15) is 8.42 Å². The number of anilines is 1. The summed E-state index contributed by atoms with van der Waals surface area (Å²) in [6.07, 6.45) is 4.51. The van der Waals surface area contributed by atoms with Crippen molar-refractivity contribution < 1.29 is 22.2 Å². The van der Waals surface area contributed by atoms with Gasteiger partial charge in [-0.05, 0) is 75.5 Å². The predicted molar refractivity (Wildman–Crippen MR) is 128 cm³/mol. The lowest BCUT2D eigenvalue weighted by molar-refractivity contribution is -0.110. The zero-order valence-electron chi connectivity index (χ0n) is 19.3. The molecule has 0 saturated carbocycles. The summed E-state index contributed by atoms with van der Waals surface area (Å²) in [5, 5.41) is 5.83. The third kappa shape index (κ3) is 3.95. The molecule has 0 radical (unpaired) electrons. The van der Waals surface area contributed by atoms with Crippen molar-refractivity contribution in [2.45, 2.75) is 38.0 Å². The molecule has 0 atom stereocenters. The number of aryl methyl sites for hydroxylation is 1. The van der Waals surface area contributed by atoms with E-state index in [4.69, 9.17) is 4.18 Å². The summed E-state index contributed by atoms with van der Waals surface area (Å²) in [5.41, 5.74) is 4.78. The summed E-state index contributed by atoms with van der Waals surface area (Å²) < 4.78 is 29.7. The minimum atomic E-state index is -3.85. The summed E-state index contributed by atoms with van der Waals surface area (Å²) >= 11 is 0. The number of aromatic nitrogens is 1. The molecule has 0 aliphatic carbocycles. The SMILES string of the molecule is Cc1[nH]c(/C=C2\C(=O)Nc3ccc4c(c32)CCOS4(=O)=O)c(C)c1C(=O)NCCN1CCCC1. The molecule has 1 aromatic heterocycles. The number of fused-ring (bicyclic) bond motifs is 3. The van der Waals surface area contributed by atoms with Gasteiger partial charge in [0.25, 0.3) is 21.9 Å². The maximum atomic E-state index is 12.9. The van der Waals surface area contributed by atoms with Crippen LogP contribution < -0.4 is 10.6 Å². The number of hydrogen-bond donors (Lipinski definition) is 3. The Hall–Kier alpha value is -2.95. The second-order valence-corrected chi connectivity index (χ2v) is 10.6. The third-order valence-electron chi connectivity index (χ3n) is 6.80. The molecule has 3 aliphatic heterocycles. The minimum Gasteiger partial charge on any atom is -0.358 e. The lowest BCUT2D eigenvalue weighted by Gasteiger charge is -2.19. The normalized spacial score (nSPS) is 20.3. The number of nitrogens with zero attached hydrogens (tertiary/aromatic N) is 1. The van der Waals surface area contributed by atoms with Crippen molar-refractivity contribution >= 4 is 39.3 Å². The molecular weight excluding hydrogens is 456 g/mol. The van der Waals surface area contributed by atoms with E-state index in [1.54, 1.807) is 12.1 Å². The number of carbonyl (C=O) groups is 2. The van der Waals surface area contributed by atoms with Crippen LogP contribution >= 0.6 is 0 Å². The Morgan fingerprint density at radius 1 is 1.24 bits per heavy atom. The van der Waals surface area contributed by atoms with Gasteiger partial charge in [0, 0.05) is 35.7 Å². The van der Waals surface area contributed by atoms with Crippen molar-refractivity contribution in [1.29, 1.82) is 0 Å². The van der Waals surface area contributed by atoms with E-state index in [0.717, 1.165) is 25.2 Å². The number of H-pyrrole nitrogens is 1. The number of nitrogens with one attached hydrogen (secondary N) is 3. The first kappa shape index (κ1) is 22.8. The molecular formula is C24H28N4O5S. The molecule has 0 spiro atoms. The zero-order valence-corrected chi connectivity index (χ0v) is 20.1. The second-order valence-electron chi connectivity index (χ2n) is 8.97. The van der Waals surface area contributed by atoms with Crippen LogP contribution in [-0.4, -0.2) is 62.9 Å². The Morgan fingerprint density at radius 3 is 2.76 bits per heavy atom. The van der Waals surface area contributed by atoms with Crippen molar-refractivity contribution in [2.75, 3.05) is 38.1 Å². The van der Waals surface area contributed by atoms with E-state index >= 15 is 0 Å². The van der Waals surface area contributed by atoms with E-state index < -0.39 is 10.1 Å². The number of aromatic amines is 1. The highest BCUT2D eigenvalue weighted by atomic mass is 32.2. The van der Waals surface area contributed by atoms with Gasteiger partial charge >= 0.3 is 0 Å². The number of amides is 2. The van der Waals surface area contributed by atoms with Crippen LogP contribution in [0.4, 0.5) is 5.69 Å². The minimum absolute atomic E-state index is 0.0373. The standard InChI is InChI=1S/C24H28N4O5S/c1-14-19(26-15(2)21(14)24(30)25-8-11-28-9-3-4-10-28)13-17-22-16-7-12-33-34(31,32)20(16)6-5-18(22)27-23(17)29/h5-6,13,26H,3-4,7-12H2,1-2H3,(H,25,30)(H,27,29)/b17-13-.